The molecule has 0 aliphatic carbocycles. The smallest absolute Gasteiger partial charge is 0.306 e. The van der Waals surface area contributed by atoms with E-state index in [9.17, 15) is 4.79 Å². The van der Waals surface area contributed by atoms with E-state index in [1.165, 1.54) is 25.7 Å². The molecule has 0 atom stereocenters. The molecule has 84 valence electrons. The second kappa shape index (κ2) is 9.04. The van der Waals surface area contributed by atoms with Crippen molar-refractivity contribution in [2.75, 3.05) is 0 Å². The molecule has 0 saturated heterocycles. The van der Waals surface area contributed by atoms with E-state index >= 15 is 0 Å². The highest BCUT2D eigenvalue weighted by Gasteiger charge is 2.04. The van der Waals surface area contributed by atoms with Crippen LogP contribution in [0.4, 0.5) is 0 Å². The number of hydrogen-bond acceptors (Lipinski definition) is 2. The summed E-state index contributed by atoms with van der Waals surface area (Å²) in [5.41, 5.74) is 0. The first-order valence-electron chi connectivity index (χ1n) is 5.86. The second-order valence-electron chi connectivity index (χ2n) is 4.06. The van der Waals surface area contributed by atoms with E-state index in [-0.39, 0.29) is 12.1 Å². The number of carbonyl (C=O) groups is 1. The van der Waals surface area contributed by atoms with Crippen LogP contribution >= 0.6 is 0 Å². The van der Waals surface area contributed by atoms with Crippen LogP contribution < -0.4 is 0 Å². The summed E-state index contributed by atoms with van der Waals surface area (Å²) < 4.78 is 5.04. The van der Waals surface area contributed by atoms with Crippen LogP contribution in [0.25, 0.3) is 0 Å². The summed E-state index contributed by atoms with van der Waals surface area (Å²) in [6.07, 6.45) is 7.90. The predicted octanol–water partition coefficient (Wildman–Crippen LogP) is 3.69. The quantitative estimate of drug-likeness (QED) is 0.441. The Labute approximate surface area is 88.0 Å². The molecule has 0 rings (SSSR count). The van der Waals surface area contributed by atoms with Crippen molar-refractivity contribution < 1.29 is 9.53 Å². The number of rotatable bonds is 8. The molecule has 2 nitrogen and oxygen atoms in total. The molecule has 0 unspecified atom stereocenters. The molecule has 0 heterocycles. The van der Waals surface area contributed by atoms with Gasteiger partial charge in [0, 0.05) is 6.42 Å². The highest BCUT2D eigenvalue weighted by atomic mass is 16.5. The van der Waals surface area contributed by atoms with Crippen molar-refractivity contribution in [2.45, 2.75) is 71.8 Å². The third kappa shape index (κ3) is 9.56. The molecule has 0 radical (unpaired) electrons. The predicted molar refractivity (Wildman–Crippen MR) is 59.2 cm³/mol. The Morgan fingerprint density at radius 2 is 1.64 bits per heavy atom. The van der Waals surface area contributed by atoms with Gasteiger partial charge in [-0.15, -0.1) is 0 Å². The van der Waals surface area contributed by atoms with Gasteiger partial charge in [-0.25, -0.2) is 0 Å². The molecular formula is C12H24O2. The lowest BCUT2D eigenvalue weighted by molar-refractivity contribution is -0.147. The van der Waals surface area contributed by atoms with Crippen molar-refractivity contribution in [1.82, 2.24) is 0 Å². The zero-order valence-electron chi connectivity index (χ0n) is 9.84. The maximum absolute atomic E-state index is 11.1. The molecule has 0 bridgehead atoms. The number of carbonyl (C=O) groups excluding carboxylic acids is 1. The fourth-order valence-corrected chi connectivity index (χ4v) is 1.37. The molecule has 0 aromatic heterocycles. The third-order valence-electron chi connectivity index (χ3n) is 2.10. The largest absolute Gasteiger partial charge is 0.463 e. The zero-order valence-corrected chi connectivity index (χ0v) is 9.84. The summed E-state index contributed by atoms with van der Waals surface area (Å²) in [5.74, 6) is -0.0458. The third-order valence-corrected chi connectivity index (χ3v) is 2.10. The Bertz CT molecular complexity index is 141. The monoisotopic (exact) mass is 200 g/mol. The van der Waals surface area contributed by atoms with E-state index in [4.69, 9.17) is 4.74 Å². The molecule has 0 fully saturated rings. The van der Waals surface area contributed by atoms with Crippen LogP contribution in [0.5, 0.6) is 0 Å². The minimum Gasteiger partial charge on any atom is -0.463 e. The van der Waals surface area contributed by atoms with Gasteiger partial charge >= 0.3 is 5.97 Å². The first-order chi connectivity index (χ1) is 6.66. The van der Waals surface area contributed by atoms with E-state index < -0.39 is 0 Å². The van der Waals surface area contributed by atoms with Crippen molar-refractivity contribution in [3.63, 3.8) is 0 Å². The van der Waals surface area contributed by atoms with Crippen LogP contribution in [0.1, 0.15) is 65.7 Å². The molecule has 0 spiro atoms. The fourth-order valence-electron chi connectivity index (χ4n) is 1.37. The zero-order chi connectivity index (χ0) is 10.8. The van der Waals surface area contributed by atoms with Crippen LogP contribution in [0.3, 0.4) is 0 Å². The van der Waals surface area contributed by atoms with Crippen molar-refractivity contribution in [3.05, 3.63) is 0 Å². The summed E-state index contributed by atoms with van der Waals surface area (Å²) in [4.78, 5) is 11.1. The Hall–Kier alpha value is -0.530. The Morgan fingerprint density at radius 1 is 1.07 bits per heavy atom. The summed E-state index contributed by atoms with van der Waals surface area (Å²) in [6, 6.07) is 0. The van der Waals surface area contributed by atoms with E-state index in [1.807, 2.05) is 13.8 Å². The Morgan fingerprint density at radius 3 is 2.21 bits per heavy atom. The molecule has 0 aliphatic rings. The molecule has 0 aromatic carbocycles. The average Bonchev–Trinajstić information content (AvgIpc) is 2.10. The Balaban J connectivity index is 3.15. The molecule has 0 saturated carbocycles. The van der Waals surface area contributed by atoms with Gasteiger partial charge in [0.25, 0.3) is 0 Å². The van der Waals surface area contributed by atoms with Gasteiger partial charge in [-0.2, -0.15) is 0 Å². The van der Waals surface area contributed by atoms with Crippen molar-refractivity contribution in [1.29, 1.82) is 0 Å². The minimum atomic E-state index is -0.0458. The van der Waals surface area contributed by atoms with Crippen LogP contribution in [0.2, 0.25) is 0 Å². The van der Waals surface area contributed by atoms with E-state index in [0.29, 0.717) is 6.42 Å². The van der Waals surface area contributed by atoms with E-state index in [1.54, 1.807) is 0 Å². The first-order valence-corrected chi connectivity index (χ1v) is 5.86. The van der Waals surface area contributed by atoms with Crippen molar-refractivity contribution in [2.24, 2.45) is 0 Å². The molecule has 0 aromatic rings. The molecule has 0 N–H and O–H groups in total. The first kappa shape index (κ1) is 13.5. The molecule has 0 aliphatic heterocycles. The molecule has 0 amide bonds. The van der Waals surface area contributed by atoms with Crippen LogP contribution in [0.15, 0.2) is 0 Å². The molecular weight excluding hydrogens is 176 g/mol. The standard InChI is InChI=1S/C12H24O2/c1-4-5-6-7-8-9-10-12(13)14-11(2)3/h11H,4-10H2,1-3H3. The summed E-state index contributed by atoms with van der Waals surface area (Å²) in [6.45, 7) is 5.98. The lowest BCUT2D eigenvalue weighted by Gasteiger charge is -2.07. The van der Waals surface area contributed by atoms with Gasteiger partial charge in [-0.3, -0.25) is 4.79 Å². The van der Waals surface area contributed by atoms with Crippen LogP contribution in [0, 0.1) is 0 Å². The summed E-state index contributed by atoms with van der Waals surface area (Å²) in [7, 11) is 0. The number of esters is 1. The molecule has 2 heteroatoms. The van der Waals surface area contributed by atoms with Gasteiger partial charge in [-0.05, 0) is 20.3 Å². The van der Waals surface area contributed by atoms with Crippen LogP contribution in [-0.2, 0) is 9.53 Å². The lowest BCUT2D eigenvalue weighted by Crippen LogP contribution is -2.10. The van der Waals surface area contributed by atoms with Crippen LogP contribution in [-0.4, -0.2) is 12.1 Å². The Kier molecular flexibility index (Phi) is 8.70. The lowest BCUT2D eigenvalue weighted by atomic mass is 10.1. The van der Waals surface area contributed by atoms with Gasteiger partial charge in [0.1, 0.15) is 0 Å². The summed E-state index contributed by atoms with van der Waals surface area (Å²) >= 11 is 0. The van der Waals surface area contributed by atoms with E-state index in [0.717, 1.165) is 12.8 Å². The highest BCUT2D eigenvalue weighted by molar-refractivity contribution is 5.69. The second-order valence-corrected chi connectivity index (χ2v) is 4.06. The fraction of sp³-hybridized carbons (Fsp3) is 0.917. The van der Waals surface area contributed by atoms with Gasteiger partial charge in [0.15, 0.2) is 0 Å². The molecule has 14 heavy (non-hydrogen) atoms. The van der Waals surface area contributed by atoms with Gasteiger partial charge < -0.3 is 4.74 Å². The highest BCUT2D eigenvalue weighted by Crippen LogP contribution is 2.07. The summed E-state index contributed by atoms with van der Waals surface area (Å²) in [5, 5.41) is 0. The van der Waals surface area contributed by atoms with Crippen molar-refractivity contribution >= 4 is 5.97 Å². The SMILES string of the molecule is CCCCCCCCC(=O)OC(C)C. The average molecular weight is 200 g/mol. The van der Waals surface area contributed by atoms with Gasteiger partial charge in [0.05, 0.1) is 6.10 Å². The van der Waals surface area contributed by atoms with Gasteiger partial charge in [-0.1, -0.05) is 39.0 Å². The van der Waals surface area contributed by atoms with Gasteiger partial charge in [0.2, 0.25) is 0 Å². The maximum Gasteiger partial charge on any atom is 0.306 e. The topological polar surface area (TPSA) is 26.3 Å². The minimum absolute atomic E-state index is 0.0302. The number of hydrogen-bond donors (Lipinski definition) is 0. The maximum atomic E-state index is 11.1. The number of unbranched alkanes of at least 4 members (excludes halogenated alkanes) is 5. The normalized spacial score (nSPS) is 10.6. The van der Waals surface area contributed by atoms with E-state index in [2.05, 4.69) is 6.92 Å². The number of ether oxygens (including phenoxy) is 1. The van der Waals surface area contributed by atoms with Crippen molar-refractivity contribution in [3.8, 4) is 0 Å².